The van der Waals surface area contributed by atoms with Gasteiger partial charge >= 0.3 is 0 Å². The maximum atomic E-state index is 12.8. The van der Waals surface area contributed by atoms with Crippen LogP contribution in [0.2, 0.25) is 5.02 Å². The van der Waals surface area contributed by atoms with Crippen molar-refractivity contribution in [2.24, 2.45) is 0 Å². The molecule has 6 nitrogen and oxygen atoms in total. The Balaban J connectivity index is 1.41. The van der Waals surface area contributed by atoms with E-state index in [-0.39, 0.29) is 4.90 Å². The van der Waals surface area contributed by atoms with Crippen molar-refractivity contribution in [3.8, 4) is 0 Å². The van der Waals surface area contributed by atoms with Crippen LogP contribution in [-0.4, -0.2) is 44.1 Å². The molecular formula is C23H22ClN3O3S3. The summed E-state index contributed by atoms with van der Waals surface area (Å²) in [5.41, 5.74) is 1.55. The molecule has 1 aliphatic heterocycles. The van der Waals surface area contributed by atoms with Gasteiger partial charge in [-0.25, -0.2) is 8.42 Å². The number of nitrogens with one attached hydrogen (secondary N) is 2. The molecule has 1 aliphatic rings. The Morgan fingerprint density at radius 3 is 2.30 bits per heavy atom. The number of hydrogen-bond acceptors (Lipinski definition) is 5. The number of rotatable bonds is 6. The first kappa shape index (κ1) is 24.0. The van der Waals surface area contributed by atoms with Crippen LogP contribution in [0.3, 0.4) is 0 Å². The van der Waals surface area contributed by atoms with Gasteiger partial charge in [-0.05, 0) is 72.9 Å². The Hall–Kier alpha value is -2.14. The predicted molar refractivity (Wildman–Crippen MR) is 138 cm³/mol. The van der Waals surface area contributed by atoms with E-state index in [0.29, 0.717) is 42.1 Å². The van der Waals surface area contributed by atoms with Gasteiger partial charge in [0.05, 0.1) is 23.8 Å². The van der Waals surface area contributed by atoms with Crippen LogP contribution >= 0.6 is 35.6 Å². The third-order valence-corrected chi connectivity index (χ3v) is 8.35. The molecule has 4 rings (SSSR count). The fraction of sp³-hybridized carbons (Fsp3) is 0.174. The van der Waals surface area contributed by atoms with Gasteiger partial charge in [-0.15, -0.1) is 0 Å². The lowest BCUT2D eigenvalue weighted by Gasteiger charge is -2.26. The lowest BCUT2D eigenvalue weighted by Crippen LogP contribution is -2.40. The number of halogens is 1. The molecule has 0 radical (unpaired) electrons. The van der Waals surface area contributed by atoms with Crippen LogP contribution in [0.25, 0.3) is 0 Å². The molecular weight excluding hydrogens is 498 g/mol. The third kappa shape index (κ3) is 6.26. The van der Waals surface area contributed by atoms with E-state index in [2.05, 4.69) is 10.6 Å². The normalized spacial score (nSPS) is 14.6. The lowest BCUT2D eigenvalue weighted by atomic mass is 10.3. The van der Waals surface area contributed by atoms with E-state index in [1.807, 2.05) is 48.5 Å². The number of benzene rings is 3. The first-order chi connectivity index (χ1) is 15.9. The van der Waals surface area contributed by atoms with E-state index in [9.17, 15) is 8.42 Å². The van der Waals surface area contributed by atoms with Crippen LogP contribution in [-0.2, 0) is 14.8 Å². The van der Waals surface area contributed by atoms with Crippen LogP contribution in [0.15, 0.2) is 87.5 Å². The highest BCUT2D eigenvalue weighted by Gasteiger charge is 2.26. The number of ether oxygens (including phenoxy) is 1. The van der Waals surface area contributed by atoms with Gasteiger partial charge in [-0.1, -0.05) is 35.5 Å². The van der Waals surface area contributed by atoms with Crippen molar-refractivity contribution in [3.63, 3.8) is 0 Å². The zero-order valence-corrected chi connectivity index (χ0v) is 20.7. The topological polar surface area (TPSA) is 70.7 Å². The van der Waals surface area contributed by atoms with Crippen LogP contribution in [0, 0.1) is 0 Å². The second-order valence-corrected chi connectivity index (χ2v) is 11.1. The van der Waals surface area contributed by atoms with Gasteiger partial charge in [0, 0.05) is 33.6 Å². The van der Waals surface area contributed by atoms with Crippen LogP contribution < -0.4 is 10.6 Å². The molecule has 0 unspecified atom stereocenters. The van der Waals surface area contributed by atoms with Crippen molar-refractivity contribution >= 4 is 62.1 Å². The summed E-state index contributed by atoms with van der Waals surface area (Å²) in [4.78, 5) is 2.32. The summed E-state index contributed by atoms with van der Waals surface area (Å²) in [5.74, 6) is 0. The predicted octanol–water partition coefficient (Wildman–Crippen LogP) is 5.32. The summed E-state index contributed by atoms with van der Waals surface area (Å²) in [6.45, 7) is 1.56. The summed E-state index contributed by atoms with van der Waals surface area (Å²) < 4.78 is 32.2. The lowest BCUT2D eigenvalue weighted by molar-refractivity contribution is 0.0730. The van der Waals surface area contributed by atoms with E-state index in [4.69, 9.17) is 28.6 Å². The molecule has 1 fully saturated rings. The number of morpholine rings is 1. The summed E-state index contributed by atoms with van der Waals surface area (Å²) in [6.07, 6.45) is 0. The Morgan fingerprint density at radius 2 is 1.61 bits per heavy atom. The standard InChI is InChI=1S/C23H22ClN3O3S3/c24-17-5-9-19(10-6-17)32-22-4-2-1-3-21(22)26-23(31)25-18-7-11-20(12-8-18)33(28,29)27-13-15-30-16-14-27/h1-12H,13-16H2,(H2,25,26,31). The summed E-state index contributed by atoms with van der Waals surface area (Å²) in [6, 6.07) is 22.1. The number of nitrogens with zero attached hydrogens (tertiary/aromatic N) is 1. The minimum Gasteiger partial charge on any atom is -0.379 e. The highest BCUT2D eigenvalue weighted by Crippen LogP contribution is 2.34. The van der Waals surface area contributed by atoms with Crippen molar-refractivity contribution in [1.29, 1.82) is 0 Å². The van der Waals surface area contributed by atoms with Gasteiger partial charge in [0.1, 0.15) is 0 Å². The van der Waals surface area contributed by atoms with E-state index in [0.717, 1.165) is 15.5 Å². The first-order valence-electron chi connectivity index (χ1n) is 10.2. The minimum atomic E-state index is -3.53. The Bertz CT molecular complexity index is 1210. The van der Waals surface area contributed by atoms with E-state index in [1.54, 1.807) is 36.0 Å². The van der Waals surface area contributed by atoms with Crippen LogP contribution in [0.5, 0.6) is 0 Å². The van der Waals surface area contributed by atoms with Crippen molar-refractivity contribution in [2.45, 2.75) is 14.7 Å². The average molecular weight is 520 g/mol. The van der Waals surface area contributed by atoms with Gasteiger partial charge in [0.25, 0.3) is 0 Å². The molecule has 0 saturated carbocycles. The van der Waals surface area contributed by atoms with Crippen LogP contribution in [0.1, 0.15) is 0 Å². The Morgan fingerprint density at radius 1 is 0.939 bits per heavy atom. The molecule has 0 amide bonds. The molecule has 0 aromatic heterocycles. The van der Waals surface area contributed by atoms with Crippen molar-refractivity contribution in [1.82, 2.24) is 4.31 Å². The monoisotopic (exact) mass is 519 g/mol. The maximum Gasteiger partial charge on any atom is 0.243 e. The average Bonchev–Trinajstić information content (AvgIpc) is 2.83. The number of para-hydroxylation sites is 1. The fourth-order valence-corrected chi connectivity index (χ4v) is 5.88. The number of anilines is 2. The van der Waals surface area contributed by atoms with Crippen molar-refractivity contribution < 1.29 is 13.2 Å². The smallest absolute Gasteiger partial charge is 0.243 e. The second kappa shape index (κ2) is 10.9. The largest absolute Gasteiger partial charge is 0.379 e. The molecule has 2 N–H and O–H groups in total. The van der Waals surface area contributed by atoms with Crippen molar-refractivity contribution in [3.05, 3.63) is 77.8 Å². The van der Waals surface area contributed by atoms with Gasteiger partial charge < -0.3 is 15.4 Å². The summed E-state index contributed by atoms with van der Waals surface area (Å²) >= 11 is 13.1. The highest BCUT2D eigenvalue weighted by atomic mass is 35.5. The molecule has 0 spiro atoms. The second-order valence-electron chi connectivity index (χ2n) is 7.17. The number of sulfonamides is 1. The molecule has 1 saturated heterocycles. The molecule has 10 heteroatoms. The zero-order chi connectivity index (χ0) is 23.3. The molecule has 172 valence electrons. The van der Waals surface area contributed by atoms with E-state index in [1.165, 1.54) is 4.31 Å². The molecule has 3 aromatic carbocycles. The third-order valence-electron chi connectivity index (χ3n) is 4.90. The Kier molecular flexibility index (Phi) is 7.90. The molecule has 0 bridgehead atoms. The van der Waals surface area contributed by atoms with Gasteiger partial charge in [0.15, 0.2) is 5.11 Å². The fourth-order valence-electron chi connectivity index (χ4n) is 3.22. The number of hydrogen-bond donors (Lipinski definition) is 2. The molecule has 33 heavy (non-hydrogen) atoms. The number of thiocarbonyl (C=S) groups is 1. The highest BCUT2D eigenvalue weighted by molar-refractivity contribution is 7.99. The molecule has 0 atom stereocenters. The first-order valence-corrected chi connectivity index (χ1v) is 13.2. The molecule has 0 aliphatic carbocycles. The van der Waals surface area contributed by atoms with E-state index >= 15 is 0 Å². The van der Waals surface area contributed by atoms with Gasteiger partial charge in [-0.2, -0.15) is 4.31 Å². The van der Waals surface area contributed by atoms with E-state index < -0.39 is 10.0 Å². The van der Waals surface area contributed by atoms with Gasteiger partial charge in [0.2, 0.25) is 10.0 Å². The quantitative estimate of drug-likeness (QED) is 0.427. The minimum absolute atomic E-state index is 0.249. The SMILES string of the molecule is O=S(=O)(c1ccc(NC(=S)Nc2ccccc2Sc2ccc(Cl)cc2)cc1)N1CCOCC1. The molecule has 1 heterocycles. The Labute approximate surface area is 208 Å². The summed E-state index contributed by atoms with van der Waals surface area (Å²) in [7, 11) is -3.53. The zero-order valence-electron chi connectivity index (χ0n) is 17.5. The molecule has 3 aromatic rings. The van der Waals surface area contributed by atoms with Gasteiger partial charge in [-0.3, -0.25) is 0 Å². The summed E-state index contributed by atoms with van der Waals surface area (Å²) in [5, 5.41) is 7.43. The van der Waals surface area contributed by atoms with Crippen LogP contribution in [0.4, 0.5) is 11.4 Å². The van der Waals surface area contributed by atoms with Crippen molar-refractivity contribution in [2.75, 3.05) is 36.9 Å². The maximum absolute atomic E-state index is 12.8.